The van der Waals surface area contributed by atoms with Gasteiger partial charge in [0, 0.05) is 7.11 Å². The summed E-state index contributed by atoms with van der Waals surface area (Å²) in [5, 5.41) is 0. The number of ether oxygens (including phenoxy) is 4. The normalized spacial score (nSPS) is 15.8. The minimum Gasteiger partial charge on any atom is -0.493 e. The summed E-state index contributed by atoms with van der Waals surface area (Å²) in [5.74, 6) is 1.43. The summed E-state index contributed by atoms with van der Waals surface area (Å²) in [4.78, 5) is 11.7. The summed E-state index contributed by atoms with van der Waals surface area (Å²) >= 11 is 0. The van der Waals surface area contributed by atoms with Crippen molar-refractivity contribution in [1.82, 2.24) is 0 Å². The molecule has 0 N–H and O–H groups in total. The number of ketones is 1. The predicted molar refractivity (Wildman–Crippen MR) is 102 cm³/mol. The highest BCUT2D eigenvalue weighted by molar-refractivity contribution is 6.04. The molecule has 1 aromatic carbocycles. The molecular formula is C21H26O5. The molecule has 0 fully saturated rings. The molecule has 2 rings (SSSR count). The number of methoxy groups -OCH3 is 2. The van der Waals surface area contributed by atoms with Crippen LogP contribution in [0.4, 0.5) is 0 Å². The summed E-state index contributed by atoms with van der Waals surface area (Å²) in [6, 6.07) is 5.72. The summed E-state index contributed by atoms with van der Waals surface area (Å²) in [6.45, 7) is 2.05. The van der Waals surface area contributed by atoms with E-state index in [1.54, 1.807) is 20.3 Å². The zero-order valence-electron chi connectivity index (χ0n) is 15.4. The average molecular weight is 358 g/mol. The highest BCUT2D eigenvalue weighted by atomic mass is 16.5. The number of carbonyl (C=O) groups is 1. The molecule has 0 spiro atoms. The monoisotopic (exact) mass is 358 g/mol. The number of hydrogen-bond donors (Lipinski definition) is 0. The Balaban J connectivity index is 1.90. The van der Waals surface area contributed by atoms with Crippen LogP contribution in [0.5, 0.6) is 11.5 Å². The molecule has 5 heteroatoms. The number of carbonyl (C=O) groups excluding carboxylic acids is 1. The van der Waals surface area contributed by atoms with E-state index in [1.807, 2.05) is 42.5 Å². The fraction of sp³-hybridized carbons (Fsp3) is 0.381. The standard InChI is InChI=1S/C21H26O5/c1-23-12-13-25-14-15-26-20-11-10-17(16-21(20)24-2)6-5-8-18-7-3-4-9-19(18)22/h4-6,8-11,16H,3,7,12-15H2,1-2H3/b6-5+,18-8+. The fourth-order valence-corrected chi connectivity index (χ4v) is 2.46. The zero-order chi connectivity index (χ0) is 18.6. The van der Waals surface area contributed by atoms with Crippen LogP contribution in [-0.2, 0) is 14.3 Å². The molecule has 26 heavy (non-hydrogen) atoms. The van der Waals surface area contributed by atoms with Crippen LogP contribution in [0.15, 0.2) is 48.1 Å². The van der Waals surface area contributed by atoms with Crippen LogP contribution in [0, 0.1) is 0 Å². The maximum absolute atomic E-state index is 11.7. The molecule has 1 aliphatic rings. The van der Waals surface area contributed by atoms with Gasteiger partial charge >= 0.3 is 0 Å². The quantitative estimate of drug-likeness (QED) is 0.472. The number of allylic oxidation sites excluding steroid dienone is 5. The van der Waals surface area contributed by atoms with Gasteiger partial charge < -0.3 is 18.9 Å². The third-order valence-electron chi connectivity index (χ3n) is 3.86. The van der Waals surface area contributed by atoms with Gasteiger partial charge in [-0.15, -0.1) is 0 Å². The molecule has 0 saturated carbocycles. The maximum atomic E-state index is 11.7. The topological polar surface area (TPSA) is 54.0 Å². The predicted octanol–water partition coefficient (Wildman–Crippen LogP) is 3.60. The smallest absolute Gasteiger partial charge is 0.181 e. The second-order valence-electron chi connectivity index (χ2n) is 5.72. The van der Waals surface area contributed by atoms with Gasteiger partial charge in [-0.3, -0.25) is 4.79 Å². The van der Waals surface area contributed by atoms with Crippen LogP contribution in [0.25, 0.3) is 6.08 Å². The molecule has 0 bridgehead atoms. The molecule has 0 heterocycles. The van der Waals surface area contributed by atoms with Crippen molar-refractivity contribution in [2.75, 3.05) is 40.6 Å². The molecule has 1 aliphatic carbocycles. The van der Waals surface area contributed by atoms with Gasteiger partial charge in [-0.2, -0.15) is 0 Å². The van der Waals surface area contributed by atoms with Crippen molar-refractivity contribution in [1.29, 1.82) is 0 Å². The van der Waals surface area contributed by atoms with E-state index in [2.05, 4.69) is 0 Å². The van der Waals surface area contributed by atoms with Crippen molar-refractivity contribution in [3.63, 3.8) is 0 Å². The zero-order valence-corrected chi connectivity index (χ0v) is 15.4. The Bertz CT molecular complexity index is 673. The van der Waals surface area contributed by atoms with Gasteiger partial charge in [0.15, 0.2) is 17.3 Å². The summed E-state index contributed by atoms with van der Waals surface area (Å²) in [7, 11) is 3.25. The molecule has 0 radical (unpaired) electrons. The van der Waals surface area contributed by atoms with Gasteiger partial charge in [-0.1, -0.05) is 30.4 Å². The van der Waals surface area contributed by atoms with Crippen LogP contribution in [0.1, 0.15) is 18.4 Å². The lowest BCUT2D eigenvalue weighted by molar-refractivity contribution is -0.111. The van der Waals surface area contributed by atoms with E-state index in [-0.39, 0.29) is 5.78 Å². The number of benzene rings is 1. The minimum atomic E-state index is 0.0925. The minimum absolute atomic E-state index is 0.0925. The molecule has 5 nitrogen and oxygen atoms in total. The first kappa shape index (κ1) is 19.9. The molecule has 0 aromatic heterocycles. The van der Waals surface area contributed by atoms with Crippen LogP contribution < -0.4 is 9.47 Å². The SMILES string of the molecule is COCCOCCOc1ccc(/C=C/C=C2\CCC=CC2=O)cc1OC. The molecule has 140 valence electrons. The van der Waals surface area contributed by atoms with Gasteiger partial charge in [-0.05, 0) is 42.2 Å². The van der Waals surface area contributed by atoms with Gasteiger partial charge in [0.2, 0.25) is 0 Å². The van der Waals surface area contributed by atoms with Gasteiger partial charge in [0.05, 0.1) is 26.9 Å². The Hall–Kier alpha value is -2.37. The van der Waals surface area contributed by atoms with Crippen LogP contribution in [0.2, 0.25) is 0 Å². The van der Waals surface area contributed by atoms with Crippen molar-refractivity contribution in [2.45, 2.75) is 12.8 Å². The van der Waals surface area contributed by atoms with E-state index in [0.29, 0.717) is 37.9 Å². The Morgan fingerprint density at radius 2 is 1.92 bits per heavy atom. The Labute approximate surface area is 154 Å². The molecule has 0 amide bonds. The summed E-state index contributed by atoms with van der Waals surface area (Å²) in [6.07, 6.45) is 11.0. The lowest BCUT2D eigenvalue weighted by Gasteiger charge is -2.11. The summed E-state index contributed by atoms with van der Waals surface area (Å²) in [5.41, 5.74) is 1.81. The first-order valence-electron chi connectivity index (χ1n) is 8.70. The van der Waals surface area contributed by atoms with Crippen molar-refractivity contribution in [2.24, 2.45) is 0 Å². The molecular weight excluding hydrogens is 332 g/mol. The third kappa shape index (κ3) is 6.50. The van der Waals surface area contributed by atoms with E-state index in [4.69, 9.17) is 18.9 Å². The van der Waals surface area contributed by atoms with Crippen LogP contribution in [0.3, 0.4) is 0 Å². The van der Waals surface area contributed by atoms with Crippen LogP contribution in [-0.4, -0.2) is 46.4 Å². The number of rotatable bonds is 10. The largest absolute Gasteiger partial charge is 0.493 e. The fourth-order valence-electron chi connectivity index (χ4n) is 2.46. The molecule has 1 aromatic rings. The molecule has 0 unspecified atom stereocenters. The summed E-state index contributed by atoms with van der Waals surface area (Å²) < 4.78 is 21.4. The third-order valence-corrected chi connectivity index (χ3v) is 3.86. The first-order valence-corrected chi connectivity index (χ1v) is 8.70. The first-order chi connectivity index (χ1) is 12.7. The van der Waals surface area contributed by atoms with E-state index >= 15 is 0 Å². The number of hydrogen-bond acceptors (Lipinski definition) is 5. The van der Waals surface area contributed by atoms with Crippen molar-refractivity contribution < 1.29 is 23.7 Å². The van der Waals surface area contributed by atoms with Crippen molar-refractivity contribution in [3.05, 3.63) is 53.6 Å². The Morgan fingerprint density at radius 1 is 1.08 bits per heavy atom. The highest BCUT2D eigenvalue weighted by Gasteiger charge is 2.08. The Kier molecular flexibility index (Phi) is 8.66. The maximum Gasteiger partial charge on any atom is 0.181 e. The van der Waals surface area contributed by atoms with Gasteiger partial charge in [0.25, 0.3) is 0 Å². The van der Waals surface area contributed by atoms with Gasteiger partial charge in [-0.25, -0.2) is 0 Å². The second-order valence-corrected chi connectivity index (χ2v) is 5.72. The lowest BCUT2D eigenvalue weighted by atomic mass is 9.99. The Morgan fingerprint density at radius 3 is 2.69 bits per heavy atom. The lowest BCUT2D eigenvalue weighted by Crippen LogP contribution is -2.10. The average Bonchev–Trinajstić information content (AvgIpc) is 2.66. The van der Waals surface area contributed by atoms with Crippen LogP contribution >= 0.6 is 0 Å². The molecule has 0 saturated heterocycles. The second kappa shape index (κ2) is 11.3. The van der Waals surface area contributed by atoms with Crippen molar-refractivity contribution in [3.8, 4) is 11.5 Å². The van der Waals surface area contributed by atoms with E-state index < -0.39 is 0 Å². The highest BCUT2D eigenvalue weighted by Crippen LogP contribution is 2.28. The van der Waals surface area contributed by atoms with E-state index in [9.17, 15) is 4.79 Å². The van der Waals surface area contributed by atoms with E-state index in [1.165, 1.54) is 0 Å². The molecule has 0 atom stereocenters. The van der Waals surface area contributed by atoms with E-state index in [0.717, 1.165) is 24.0 Å². The van der Waals surface area contributed by atoms with Crippen molar-refractivity contribution >= 4 is 11.9 Å². The molecule has 0 aliphatic heterocycles. The van der Waals surface area contributed by atoms with Gasteiger partial charge in [0.1, 0.15) is 6.61 Å².